The van der Waals surface area contributed by atoms with Gasteiger partial charge in [0.25, 0.3) is 0 Å². The van der Waals surface area contributed by atoms with Gasteiger partial charge < -0.3 is 20.3 Å². The first-order valence-electron chi connectivity index (χ1n) is 6.60. The van der Waals surface area contributed by atoms with Gasteiger partial charge in [-0.2, -0.15) is 0 Å². The molecule has 0 aromatic heterocycles. The Morgan fingerprint density at radius 2 is 2.17 bits per heavy atom. The van der Waals surface area contributed by atoms with Crippen molar-refractivity contribution in [2.75, 3.05) is 46.4 Å². The molecule has 1 saturated heterocycles. The fourth-order valence-corrected chi connectivity index (χ4v) is 2.10. The van der Waals surface area contributed by atoms with E-state index < -0.39 is 0 Å². The summed E-state index contributed by atoms with van der Waals surface area (Å²) in [6, 6.07) is -0.100. The topological polar surface area (TPSA) is 53.6 Å². The van der Waals surface area contributed by atoms with Crippen LogP contribution in [0.3, 0.4) is 0 Å². The summed E-state index contributed by atoms with van der Waals surface area (Å²) in [4.78, 5) is 13.8. The van der Waals surface area contributed by atoms with Crippen molar-refractivity contribution in [2.45, 2.75) is 12.8 Å². The summed E-state index contributed by atoms with van der Waals surface area (Å²) in [7, 11) is 1.73. The van der Waals surface area contributed by atoms with Crippen LogP contribution in [0.4, 0.5) is 4.79 Å². The van der Waals surface area contributed by atoms with Crippen LogP contribution in [0.2, 0.25) is 0 Å². The molecule has 0 aromatic carbocycles. The van der Waals surface area contributed by atoms with E-state index >= 15 is 0 Å². The number of piperidine rings is 1. The third kappa shape index (κ3) is 6.02. The van der Waals surface area contributed by atoms with Crippen LogP contribution in [-0.2, 0) is 4.74 Å². The SMILES string of the molecule is C=CCNC(=O)NCC1CCN(CCOC)CC1. The van der Waals surface area contributed by atoms with Gasteiger partial charge in [-0.05, 0) is 31.8 Å². The largest absolute Gasteiger partial charge is 0.383 e. The lowest BCUT2D eigenvalue weighted by molar-refractivity contribution is 0.120. The average molecular weight is 255 g/mol. The fraction of sp³-hybridized carbons (Fsp3) is 0.769. The van der Waals surface area contributed by atoms with E-state index in [1.165, 1.54) is 0 Å². The first-order chi connectivity index (χ1) is 8.76. The summed E-state index contributed by atoms with van der Waals surface area (Å²) in [5.41, 5.74) is 0. The number of hydrogen-bond donors (Lipinski definition) is 2. The molecule has 0 saturated carbocycles. The summed E-state index contributed by atoms with van der Waals surface area (Å²) in [5, 5.41) is 5.62. The van der Waals surface area contributed by atoms with E-state index in [2.05, 4.69) is 22.1 Å². The Bertz CT molecular complexity index is 251. The second-order valence-electron chi connectivity index (χ2n) is 4.66. The maximum absolute atomic E-state index is 11.4. The monoisotopic (exact) mass is 255 g/mol. The molecule has 0 spiro atoms. The van der Waals surface area contributed by atoms with Crippen LogP contribution in [0.25, 0.3) is 0 Å². The Morgan fingerprint density at radius 1 is 1.44 bits per heavy atom. The molecule has 1 aliphatic rings. The minimum atomic E-state index is -0.100. The van der Waals surface area contributed by atoms with Crippen molar-refractivity contribution in [2.24, 2.45) is 5.92 Å². The van der Waals surface area contributed by atoms with Crippen molar-refractivity contribution < 1.29 is 9.53 Å². The molecular formula is C13H25N3O2. The third-order valence-corrected chi connectivity index (χ3v) is 3.28. The summed E-state index contributed by atoms with van der Waals surface area (Å²) in [5.74, 6) is 0.596. The Labute approximate surface area is 110 Å². The summed E-state index contributed by atoms with van der Waals surface area (Å²) < 4.78 is 5.07. The van der Waals surface area contributed by atoms with Gasteiger partial charge in [-0.15, -0.1) is 6.58 Å². The molecule has 1 heterocycles. The molecule has 104 valence electrons. The quantitative estimate of drug-likeness (QED) is 0.663. The molecule has 0 bridgehead atoms. The number of methoxy groups -OCH3 is 1. The molecule has 2 amide bonds. The maximum atomic E-state index is 11.4. The molecule has 1 aliphatic heterocycles. The second-order valence-corrected chi connectivity index (χ2v) is 4.66. The maximum Gasteiger partial charge on any atom is 0.315 e. The molecule has 1 rings (SSSR count). The van der Waals surface area contributed by atoms with Crippen LogP contribution >= 0.6 is 0 Å². The zero-order chi connectivity index (χ0) is 13.2. The van der Waals surface area contributed by atoms with Crippen molar-refractivity contribution in [3.8, 4) is 0 Å². The predicted octanol–water partition coefficient (Wildman–Crippen LogP) is 0.830. The number of amides is 2. The lowest BCUT2D eigenvalue weighted by Gasteiger charge is -2.31. The number of carbonyl (C=O) groups excluding carboxylic acids is 1. The smallest absolute Gasteiger partial charge is 0.315 e. The molecule has 5 heteroatoms. The number of ether oxygens (including phenoxy) is 1. The predicted molar refractivity (Wildman–Crippen MR) is 72.6 cm³/mol. The van der Waals surface area contributed by atoms with Crippen LogP contribution < -0.4 is 10.6 Å². The number of hydrogen-bond acceptors (Lipinski definition) is 3. The zero-order valence-corrected chi connectivity index (χ0v) is 11.3. The summed E-state index contributed by atoms with van der Waals surface area (Å²) in [6.07, 6.45) is 3.96. The minimum absolute atomic E-state index is 0.100. The van der Waals surface area contributed by atoms with E-state index in [1.807, 2.05) is 0 Å². The molecule has 0 aliphatic carbocycles. The number of carbonyl (C=O) groups is 1. The number of rotatable bonds is 7. The molecule has 0 aromatic rings. The molecule has 0 atom stereocenters. The zero-order valence-electron chi connectivity index (χ0n) is 11.3. The number of urea groups is 1. The van der Waals surface area contributed by atoms with E-state index in [0.717, 1.165) is 45.6 Å². The van der Waals surface area contributed by atoms with Crippen LogP contribution in [0.5, 0.6) is 0 Å². The highest BCUT2D eigenvalue weighted by Gasteiger charge is 2.19. The van der Waals surface area contributed by atoms with Crippen molar-refractivity contribution in [3.05, 3.63) is 12.7 Å². The van der Waals surface area contributed by atoms with Gasteiger partial charge in [-0.1, -0.05) is 6.08 Å². The number of nitrogens with zero attached hydrogens (tertiary/aromatic N) is 1. The molecule has 0 radical (unpaired) electrons. The lowest BCUT2D eigenvalue weighted by Crippen LogP contribution is -2.42. The van der Waals surface area contributed by atoms with Gasteiger partial charge in [0, 0.05) is 26.7 Å². The molecule has 2 N–H and O–H groups in total. The molecule has 1 fully saturated rings. The van der Waals surface area contributed by atoms with Gasteiger partial charge >= 0.3 is 6.03 Å². The minimum Gasteiger partial charge on any atom is -0.383 e. The van der Waals surface area contributed by atoms with Crippen molar-refractivity contribution in [1.82, 2.24) is 15.5 Å². The van der Waals surface area contributed by atoms with Crippen LogP contribution in [0.15, 0.2) is 12.7 Å². The molecule has 0 unspecified atom stereocenters. The van der Waals surface area contributed by atoms with Gasteiger partial charge in [0.2, 0.25) is 0 Å². The van der Waals surface area contributed by atoms with Crippen molar-refractivity contribution in [1.29, 1.82) is 0 Å². The van der Waals surface area contributed by atoms with Crippen LogP contribution in [0, 0.1) is 5.92 Å². The molecule has 18 heavy (non-hydrogen) atoms. The molecule has 5 nitrogen and oxygen atoms in total. The normalized spacial score (nSPS) is 17.4. The van der Waals surface area contributed by atoms with E-state index in [4.69, 9.17) is 4.74 Å². The number of likely N-dealkylation sites (tertiary alicyclic amines) is 1. The van der Waals surface area contributed by atoms with Crippen molar-refractivity contribution >= 4 is 6.03 Å². The van der Waals surface area contributed by atoms with E-state index in [-0.39, 0.29) is 6.03 Å². The average Bonchev–Trinajstić information content (AvgIpc) is 2.41. The Kier molecular flexibility index (Phi) is 7.44. The molecular weight excluding hydrogens is 230 g/mol. The Morgan fingerprint density at radius 3 is 2.78 bits per heavy atom. The Balaban J connectivity index is 2.08. The van der Waals surface area contributed by atoms with Gasteiger partial charge in [-0.3, -0.25) is 0 Å². The third-order valence-electron chi connectivity index (χ3n) is 3.28. The first kappa shape index (κ1) is 15.0. The van der Waals surface area contributed by atoms with Gasteiger partial charge in [0.15, 0.2) is 0 Å². The fourth-order valence-electron chi connectivity index (χ4n) is 2.10. The van der Waals surface area contributed by atoms with Crippen LogP contribution in [0.1, 0.15) is 12.8 Å². The summed E-state index contributed by atoms with van der Waals surface area (Å²) >= 11 is 0. The number of nitrogens with one attached hydrogen (secondary N) is 2. The van der Waals surface area contributed by atoms with E-state index in [1.54, 1.807) is 13.2 Å². The first-order valence-corrected chi connectivity index (χ1v) is 6.60. The van der Waals surface area contributed by atoms with Gasteiger partial charge in [0.1, 0.15) is 0 Å². The standard InChI is InChI=1S/C13H25N3O2/c1-3-6-14-13(17)15-11-12-4-7-16(8-5-12)9-10-18-2/h3,12H,1,4-11H2,2H3,(H2,14,15,17). The highest BCUT2D eigenvalue weighted by atomic mass is 16.5. The van der Waals surface area contributed by atoms with Gasteiger partial charge in [0.05, 0.1) is 6.61 Å². The van der Waals surface area contributed by atoms with E-state index in [0.29, 0.717) is 12.5 Å². The second kappa shape index (κ2) is 8.94. The Hall–Kier alpha value is -1.07. The summed E-state index contributed by atoms with van der Waals surface area (Å²) in [6.45, 7) is 8.85. The highest BCUT2D eigenvalue weighted by Crippen LogP contribution is 2.15. The highest BCUT2D eigenvalue weighted by molar-refractivity contribution is 5.73. The van der Waals surface area contributed by atoms with Crippen molar-refractivity contribution in [3.63, 3.8) is 0 Å². The van der Waals surface area contributed by atoms with Gasteiger partial charge in [-0.25, -0.2) is 4.79 Å². The lowest BCUT2D eigenvalue weighted by atomic mass is 9.97. The van der Waals surface area contributed by atoms with E-state index in [9.17, 15) is 4.79 Å². The van der Waals surface area contributed by atoms with Crippen LogP contribution in [-0.4, -0.2) is 57.4 Å².